The zero-order valence-electron chi connectivity index (χ0n) is 28.7. The summed E-state index contributed by atoms with van der Waals surface area (Å²) >= 11 is 0. The fourth-order valence-electron chi connectivity index (χ4n) is 5.93. The predicted molar refractivity (Wildman–Crippen MR) is 176 cm³/mol. The highest BCUT2D eigenvalue weighted by atomic mass is 31.1. The second-order valence-corrected chi connectivity index (χ2v) is 14.5. The lowest BCUT2D eigenvalue weighted by atomic mass is 9.99. The minimum Gasteiger partial charge on any atom is -0.394 e. The van der Waals surface area contributed by atoms with Crippen LogP contribution in [0.3, 0.4) is 0 Å². The molecule has 0 amide bonds. The molecule has 0 bridgehead atoms. The van der Waals surface area contributed by atoms with Crippen molar-refractivity contribution in [1.82, 2.24) is 0 Å². The molecule has 11 atom stereocenters. The Balaban J connectivity index is 1.73. The Morgan fingerprint density at radius 2 is 0.896 bits per heavy atom. The van der Waals surface area contributed by atoms with Gasteiger partial charge in [0.05, 0.1) is 26.4 Å². The minimum atomic E-state index is -2.17. The van der Waals surface area contributed by atoms with Crippen LogP contribution in [-0.2, 0) is 28.0 Å². The summed E-state index contributed by atoms with van der Waals surface area (Å²) in [6, 6.07) is 0. The predicted octanol–water partition coefficient (Wildman–Crippen LogP) is 2.01. The molecular weight excluding hydrogens is 651 g/mol. The summed E-state index contributed by atoms with van der Waals surface area (Å²) in [4.78, 5) is 0. The first-order valence-corrected chi connectivity index (χ1v) is 19.5. The number of hydrogen-bond donors (Lipinski definition) is 8. The van der Waals surface area contributed by atoms with Gasteiger partial charge in [0.1, 0.15) is 48.8 Å². The average molecular weight is 716 g/mol. The fourth-order valence-corrected chi connectivity index (χ4v) is 6.97. The van der Waals surface area contributed by atoms with Gasteiger partial charge in [-0.05, 0) is 17.4 Å². The molecule has 1 unspecified atom stereocenters. The molecule has 2 aliphatic heterocycles. The van der Waals surface area contributed by atoms with Crippen molar-refractivity contribution < 1.29 is 68.9 Å². The molecule has 0 spiro atoms. The largest absolute Gasteiger partial charge is 0.508 e. The smallest absolute Gasteiger partial charge is 0.394 e. The van der Waals surface area contributed by atoms with Gasteiger partial charge in [-0.15, -0.1) is 4.52 Å². The first-order valence-electron chi connectivity index (χ1n) is 18.1. The van der Waals surface area contributed by atoms with Gasteiger partial charge < -0.3 is 59.8 Å². The van der Waals surface area contributed by atoms with Crippen LogP contribution in [0.4, 0.5) is 0 Å². The van der Waals surface area contributed by atoms with Gasteiger partial charge in [-0.1, -0.05) is 96.8 Å². The van der Waals surface area contributed by atoms with E-state index in [2.05, 4.69) is 6.92 Å². The molecule has 0 aliphatic carbocycles. The van der Waals surface area contributed by atoms with E-state index in [0.29, 0.717) is 6.42 Å². The van der Waals surface area contributed by atoms with Gasteiger partial charge >= 0.3 is 8.03 Å². The first kappa shape index (κ1) is 43.7. The van der Waals surface area contributed by atoms with Crippen LogP contribution in [0.15, 0.2) is 0 Å². The van der Waals surface area contributed by atoms with E-state index >= 15 is 0 Å². The van der Waals surface area contributed by atoms with E-state index < -0.39 is 88.8 Å². The molecule has 2 fully saturated rings. The molecule has 14 nitrogen and oxygen atoms in total. The fraction of sp³-hybridized carbons (Fsp3) is 1.00. The summed E-state index contributed by atoms with van der Waals surface area (Å²) in [6.45, 7) is 0.208. The van der Waals surface area contributed by atoms with Crippen LogP contribution in [0.25, 0.3) is 0 Å². The number of aliphatic hydroxyl groups excluding tert-OH is 8. The second kappa shape index (κ2) is 25.5. The van der Waals surface area contributed by atoms with Crippen molar-refractivity contribution >= 4 is 8.03 Å². The third-order valence-corrected chi connectivity index (χ3v) is 10.3. The molecular formula is C33H64O14P+. The van der Waals surface area contributed by atoms with Crippen molar-refractivity contribution in [3.8, 4) is 0 Å². The molecule has 0 aromatic heterocycles. The highest BCUT2D eigenvalue weighted by Gasteiger charge is 2.46. The van der Waals surface area contributed by atoms with Crippen LogP contribution < -0.4 is 0 Å². The Hall–Kier alpha value is -0.420. The lowest BCUT2D eigenvalue weighted by Gasteiger charge is -2.40. The molecule has 2 rings (SSSR count). The quantitative estimate of drug-likeness (QED) is 0.0450. The van der Waals surface area contributed by atoms with Gasteiger partial charge in [0, 0.05) is 0 Å². The van der Waals surface area contributed by atoms with Crippen molar-refractivity contribution in [2.45, 2.75) is 177 Å². The molecule has 48 heavy (non-hydrogen) atoms. The lowest BCUT2D eigenvalue weighted by Crippen LogP contribution is -2.60. The van der Waals surface area contributed by atoms with E-state index in [1.54, 1.807) is 0 Å². The van der Waals surface area contributed by atoms with Crippen molar-refractivity contribution in [2.24, 2.45) is 0 Å². The van der Waals surface area contributed by atoms with Crippen LogP contribution in [0.5, 0.6) is 0 Å². The first-order chi connectivity index (χ1) is 23.1. The van der Waals surface area contributed by atoms with Gasteiger partial charge in [0.2, 0.25) is 0 Å². The third kappa shape index (κ3) is 15.9. The summed E-state index contributed by atoms with van der Waals surface area (Å²) < 4.78 is 40.4. The monoisotopic (exact) mass is 715 g/mol. The standard InChI is InChI=1S/C33H64O14P/c1-2-3-4-5-6-7-8-9-10-11-12-13-14-15-16-17-18-48(42)47-23(21-43-32-30(40)28(38)26(36)24(19-34)45-32)22-44-33-31(41)29(39)27(37)25(20-35)46-33/h23-41H,2-22H2,1H3/q+1/t24-,25-,26-,27-,28+,29+,30+,31+,32+,33+/m1/s1. The maximum absolute atomic E-state index is 12.9. The van der Waals surface area contributed by atoms with Gasteiger partial charge in [0.25, 0.3) is 0 Å². The van der Waals surface area contributed by atoms with Crippen molar-refractivity contribution in [1.29, 1.82) is 0 Å². The topological polar surface area (TPSA) is 225 Å². The number of aliphatic hydroxyl groups is 8. The van der Waals surface area contributed by atoms with E-state index in [1.165, 1.54) is 77.0 Å². The van der Waals surface area contributed by atoms with Gasteiger partial charge in [-0.2, -0.15) is 0 Å². The molecule has 2 saturated heterocycles. The van der Waals surface area contributed by atoms with Gasteiger partial charge in [-0.25, -0.2) is 0 Å². The van der Waals surface area contributed by atoms with Crippen molar-refractivity contribution in [3.05, 3.63) is 0 Å². The van der Waals surface area contributed by atoms with Crippen LogP contribution in [0.2, 0.25) is 0 Å². The summed E-state index contributed by atoms with van der Waals surface area (Å²) in [5, 5.41) is 79.6. The lowest BCUT2D eigenvalue weighted by molar-refractivity contribution is -0.313. The molecule has 284 valence electrons. The Kier molecular flexibility index (Phi) is 23.3. The zero-order chi connectivity index (χ0) is 35.3. The molecule has 15 heteroatoms. The highest BCUT2D eigenvalue weighted by molar-refractivity contribution is 7.39. The third-order valence-electron chi connectivity index (χ3n) is 9.05. The highest BCUT2D eigenvalue weighted by Crippen LogP contribution is 2.30. The van der Waals surface area contributed by atoms with Crippen LogP contribution >= 0.6 is 8.03 Å². The second-order valence-electron chi connectivity index (χ2n) is 13.1. The van der Waals surface area contributed by atoms with Gasteiger partial charge in [-0.3, -0.25) is 0 Å². The maximum Gasteiger partial charge on any atom is 0.508 e. The average Bonchev–Trinajstić information content (AvgIpc) is 3.08. The van der Waals surface area contributed by atoms with E-state index in [-0.39, 0.29) is 19.4 Å². The van der Waals surface area contributed by atoms with E-state index in [9.17, 15) is 45.4 Å². The number of hydrogen-bond acceptors (Lipinski definition) is 14. The maximum atomic E-state index is 12.9. The summed E-state index contributed by atoms with van der Waals surface area (Å²) in [7, 11) is -2.17. The molecule has 2 aliphatic rings. The molecule has 0 aromatic rings. The van der Waals surface area contributed by atoms with E-state index in [1.807, 2.05) is 0 Å². The summed E-state index contributed by atoms with van der Waals surface area (Å²) in [5.41, 5.74) is 0. The summed E-state index contributed by atoms with van der Waals surface area (Å²) in [5.74, 6) is 0. The number of ether oxygens (including phenoxy) is 4. The normalized spacial score (nSPS) is 31.4. The summed E-state index contributed by atoms with van der Waals surface area (Å²) in [6.07, 6.45) is 3.64. The molecule has 2 heterocycles. The van der Waals surface area contributed by atoms with Crippen LogP contribution in [-0.4, -0.2) is 141 Å². The van der Waals surface area contributed by atoms with E-state index in [4.69, 9.17) is 23.5 Å². The number of rotatable bonds is 27. The zero-order valence-corrected chi connectivity index (χ0v) is 29.6. The SMILES string of the molecule is CCCCCCCCCCCCCCCCCC[P+](=O)OC(CO[C@H]1O[C@H](CO)[C@@H](O)[C@H](O)[C@@H]1O)CO[C@H]1O[C@H](CO)[C@@H](O)[C@H](O)[C@@H]1O. The minimum absolute atomic E-state index is 0.282. The van der Waals surface area contributed by atoms with E-state index in [0.717, 1.165) is 19.3 Å². The Labute approximate surface area is 286 Å². The number of unbranched alkanes of at least 4 members (excludes halogenated alkanes) is 15. The molecule has 0 saturated carbocycles. The Bertz CT molecular complexity index is 783. The molecule has 8 N–H and O–H groups in total. The van der Waals surface area contributed by atoms with Crippen LogP contribution in [0.1, 0.15) is 110 Å². The Morgan fingerprint density at radius 1 is 0.542 bits per heavy atom. The molecule has 0 radical (unpaired) electrons. The van der Waals surface area contributed by atoms with Crippen LogP contribution in [0, 0.1) is 0 Å². The van der Waals surface area contributed by atoms with Crippen molar-refractivity contribution in [2.75, 3.05) is 32.6 Å². The molecule has 0 aromatic carbocycles. The van der Waals surface area contributed by atoms with Crippen molar-refractivity contribution in [3.63, 3.8) is 0 Å². The van der Waals surface area contributed by atoms with Gasteiger partial charge in [0.15, 0.2) is 24.8 Å². The Morgan fingerprint density at radius 3 is 1.25 bits per heavy atom.